The van der Waals surface area contributed by atoms with Crippen molar-refractivity contribution in [2.75, 3.05) is 13.1 Å². The quantitative estimate of drug-likeness (QED) is 0.780. The predicted molar refractivity (Wildman–Crippen MR) is 49.7 cm³/mol. The number of imidazole rings is 1. The molecule has 1 aromatic heterocycles. The van der Waals surface area contributed by atoms with Crippen LogP contribution in [0.5, 0.6) is 0 Å². The van der Waals surface area contributed by atoms with Crippen molar-refractivity contribution in [2.45, 2.75) is 12.7 Å². The van der Waals surface area contributed by atoms with E-state index in [0.29, 0.717) is 13.1 Å². The summed E-state index contributed by atoms with van der Waals surface area (Å²) in [6.07, 6.45) is -1.73. The monoisotopic (exact) mass is 236 g/mol. The Labute approximate surface area is 89.4 Å². The number of halogens is 3. The Morgan fingerprint density at radius 3 is 2.81 bits per heavy atom. The van der Waals surface area contributed by atoms with Gasteiger partial charge in [-0.1, -0.05) is 0 Å². The van der Waals surface area contributed by atoms with E-state index in [0.717, 1.165) is 0 Å². The maximum Gasteiger partial charge on any atom is 0.405 e. The van der Waals surface area contributed by atoms with Crippen molar-refractivity contribution < 1.29 is 18.0 Å². The molecule has 0 saturated heterocycles. The highest BCUT2D eigenvalue weighted by molar-refractivity contribution is 5.92. The molecule has 0 spiro atoms. The number of carbonyl (C=O) groups excluding carboxylic acids is 1. The molecule has 0 aliphatic carbocycles. The summed E-state index contributed by atoms with van der Waals surface area (Å²) >= 11 is 0. The van der Waals surface area contributed by atoms with Crippen LogP contribution in [0.1, 0.15) is 10.5 Å². The van der Waals surface area contributed by atoms with E-state index in [1.54, 1.807) is 5.32 Å². The number of hydrogen-bond acceptors (Lipinski definition) is 3. The molecule has 0 saturated carbocycles. The summed E-state index contributed by atoms with van der Waals surface area (Å²) in [5.74, 6) is -0.854. The molecule has 0 aromatic carbocycles. The van der Waals surface area contributed by atoms with Gasteiger partial charge in [0.05, 0.1) is 6.33 Å². The van der Waals surface area contributed by atoms with E-state index in [1.807, 2.05) is 0 Å². The van der Waals surface area contributed by atoms with Gasteiger partial charge in [0.2, 0.25) is 0 Å². The fraction of sp³-hybridized carbons (Fsp3) is 0.500. The minimum absolute atomic E-state index is 0.0577. The first-order valence-electron chi connectivity index (χ1n) is 4.49. The standard InChI is InChI=1S/C8H11F3N4O/c9-8(10,11)4-13-7(16)6-3-15(2-1-12)5-14-6/h3,5H,1-2,4,12H2,(H,13,16). The van der Waals surface area contributed by atoms with Crippen LogP contribution in [0, 0.1) is 0 Å². The van der Waals surface area contributed by atoms with Crippen LogP contribution in [0.4, 0.5) is 13.2 Å². The third-order valence-electron chi connectivity index (χ3n) is 1.70. The highest BCUT2D eigenvalue weighted by atomic mass is 19.4. The minimum atomic E-state index is -4.42. The third-order valence-corrected chi connectivity index (χ3v) is 1.70. The van der Waals surface area contributed by atoms with Crippen LogP contribution in [-0.4, -0.2) is 34.7 Å². The van der Waals surface area contributed by atoms with E-state index in [4.69, 9.17) is 5.73 Å². The second kappa shape index (κ2) is 4.97. The summed E-state index contributed by atoms with van der Waals surface area (Å²) in [7, 11) is 0. The second-order valence-corrected chi connectivity index (χ2v) is 3.08. The molecule has 1 aromatic rings. The highest BCUT2D eigenvalue weighted by Crippen LogP contribution is 2.12. The zero-order valence-corrected chi connectivity index (χ0v) is 8.29. The van der Waals surface area contributed by atoms with Crippen LogP contribution in [0.25, 0.3) is 0 Å². The van der Waals surface area contributed by atoms with Gasteiger partial charge in [0.25, 0.3) is 5.91 Å². The number of rotatable bonds is 4. The Kier molecular flexibility index (Phi) is 3.88. The van der Waals surface area contributed by atoms with Crippen LogP contribution in [0.3, 0.4) is 0 Å². The third kappa shape index (κ3) is 3.89. The van der Waals surface area contributed by atoms with Crippen LogP contribution in [-0.2, 0) is 6.54 Å². The topological polar surface area (TPSA) is 72.9 Å². The summed E-state index contributed by atoms with van der Waals surface area (Å²) in [6, 6.07) is 0. The number of alkyl halides is 3. The molecule has 16 heavy (non-hydrogen) atoms. The molecule has 1 amide bonds. The lowest BCUT2D eigenvalue weighted by Gasteiger charge is -2.06. The summed E-state index contributed by atoms with van der Waals surface area (Å²) in [6.45, 7) is -0.547. The molecular formula is C8H11F3N4O. The zero-order valence-electron chi connectivity index (χ0n) is 8.29. The molecule has 0 unspecified atom stereocenters. The fourth-order valence-corrected chi connectivity index (χ4v) is 1.02. The van der Waals surface area contributed by atoms with Gasteiger partial charge in [-0.15, -0.1) is 0 Å². The van der Waals surface area contributed by atoms with Gasteiger partial charge in [-0.25, -0.2) is 4.98 Å². The number of nitrogens with zero attached hydrogens (tertiary/aromatic N) is 2. The van der Waals surface area contributed by atoms with Gasteiger partial charge < -0.3 is 15.6 Å². The molecule has 1 heterocycles. The Morgan fingerprint density at radius 2 is 2.25 bits per heavy atom. The molecule has 0 fully saturated rings. The molecule has 0 aliphatic heterocycles. The largest absolute Gasteiger partial charge is 0.405 e. The van der Waals surface area contributed by atoms with Gasteiger partial charge in [0, 0.05) is 19.3 Å². The molecule has 0 radical (unpaired) electrons. The average molecular weight is 236 g/mol. The van der Waals surface area contributed by atoms with Gasteiger partial charge in [0.1, 0.15) is 12.2 Å². The van der Waals surface area contributed by atoms with Crippen molar-refractivity contribution in [3.8, 4) is 0 Å². The van der Waals surface area contributed by atoms with E-state index in [2.05, 4.69) is 4.98 Å². The van der Waals surface area contributed by atoms with Crippen molar-refractivity contribution in [2.24, 2.45) is 5.73 Å². The molecule has 1 rings (SSSR count). The lowest BCUT2D eigenvalue weighted by molar-refractivity contribution is -0.123. The number of aromatic nitrogens is 2. The smallest absolute Gasteiger partial charge is 0.342 e. The van der Waals surface area contributed by atoms with Crippen molar-refractivity contribution in [1.82, 2.24) is 14.9 Å². The van der Waals surface area contributed by atoms with Crippen molar-refractivity contribution >= 4 is 5.91 Å². The maximum atomic E-state index is 11.8. The van der Waals surface area contributed by atoms with Gasteiger partial charge in [0.15, 0.2) is 0 Å². The van der Waals surface area contributed by atoms with Crippen LogP contribution in [0.2, 0.25) is 0 Å². The molecule has 0 aliphatic rings. The van der Waals surface area contributed by atoms with Crippen LogP contribution in [0.15, 0.2) is 12.5 Å². The van der Waals surface area contributed by atoms with Gasteiger partial charge in [-0.3, -0.25) is 4.79 Å². The molecule has 8 heteroatoms. The fourth-order valence-electron chi connectivity index (χ4n) is 1.02. The summed E-state index contributed by atoms with van der Waals surface area (Å²) < 4.78 is 36.9. The summed E-state index contributed by atoms with van der Waals surface area (Å²) in [4.78, 5) is 14.9. The molecule has 5 nitrogen and oxygen atoms in total. The first kappa shape index (κ1) is 12.5. The van der Waals surface area contributed by atoms with E-state index >= 15 is 0 Å². The van der Waals surface area contributed by atoms with Gasteiger partial charge >= 0.3 is 6.18 Å². The highest BCUT2D eigenvalue weighted by Gasteiger charge is 2.28. The predicted octanol–water partition coefficient (Wildman–Crippen LogP) is 0.134. The van der Waals surface area contributed by atoms with Gasteiger partial charge in [-0.05, 0) is 0 Å². The Bertz CT molecular complexity index is 360. The first-order chi connectivity index (χ1) is 7.42. The van der Waals surface area contributed by atoms with Crippen LogP contribution < -0.4 is 11.1 Å². The Balaban J connectivity index is 2.53. The SMILES string of the molecule is NCCn1cnc(C(=O)NCC(F)(F)F)c1. The second-order valence-electron chi connectivity index (χ2n) is 3.08. The normalized spacial score (nSPS) is 11.5. The summed E-state index contributed by atoms with van der Waals surface area (Å²) in [5, 5.41) is 1.72. The van der Waals surface area contributed by atoms with E-state index in [-0.39, 0.29) is 5.69 Å². The minimum Gasteiger partial charge on any atom is -0.342 e. The number of hydrogen-bond donors (Lipinski definition) is 2. The molecule has 3 N–H and O–H groups in total. The van der Waals surface area contributed by atoms with Gasteiger partial charge in [-0.2, -0.15) is 13.2 Å². The first-order valence-corrected chi connectivity index (χ1v) is 4.49. The molecule has 0 atom stereocenters. The van der Waals surface area contributed by atoms with Crippen LogP contribution >= 0.6 is 0 Å². The number of nitrogens with one attached hydrogen (secondary N) is 1. The molecular weight excluding hydrogens is 225 g/mol. The van der Waals surface area contributed by atoms with E-state index in [1.165, 1.54) is 17.1 Å². The van der Waals surface area contributed by atoms with Crippen molar-refractivity contribution in [3.63, 3.8) is 0 Å². The average Bonchev–Trinajstić information content (AvgIpc) is 2.62. The molecule has 0 bridgehead atoms. The maximum absolute atomic E-state index is 11.8. The number of carbonyl (C=O) groups is 1. The zero-order chi connectivity index (χ0) is 12.2. The van der Waals surface area contributed by atoms with Crippen molar-refractivity contribution in [1.29, 1.82) is 0 Å². The summed E-state index contributed by atoms with van der Waals surface area (Å²) in [5.41, 5.74) is 5.21. The van der Waals surface area contributed by atoms with E-state index < -0.39 is 18.6 Å². The number of nitrogens with two attached hydrogens (primary N) is 1. The lowest BCUT2D eigenvalue weighted by atomic mass is 10.4. The Morgan fingerprint density at radius 1 is 1.56 bits per heavy atom. The lowest BCUT2D eigenvalue weighted by Crippen LogP contribution is -2.33. The Hall–Kier alpha value is -1.57. The molecule has 90 valence electrons. The van der Waals surface area contributed by atoms with Crippen molar-refractivity contribution in [3.05, 3.63) is 18.2 Å². The van der Waals surface area contributed by atoms with E-state index in [9.17, 15) is 18.0 Å². The number of amides is 1.